The maximum atomic E-state index is 10.6. The van der Waals surface area contributed by atoms with Crippen LogP contribution >= 0.6 is 0 Å². The largest absolute Gasteiger partial charge is 0.390 e. The van der Waals surface area contributed by atoms with E-state index in [2.05, 4.69) is 46.4 Å². The molecule has 1 heterocycles. The summed E-state index contributed by atoms with van der Waals surface area (Å²) in [5.41, 5.74) is -0.721. The molecule has 1 aliphatic heterocycles. The lowest BCUT2D eigenvalue weighted by Crippen LogP contribution is -2.46. The number of aliphatic hydroxyl groups excluding tert-OH is 1. The van der Waals surface area contributed by atoms with E-state index < -0.39 is 11.7 Å². The fourth-order valence-corrected chi connectivity index (χ4v) is 3.22. The Hall–Kier alpha value is -0.120. The molecule has 3 heteroatoms. The lowest BCUT2D eigenvalue weighted by molar-refractivity contribution is -0.0915. The smallest absolute Gasteiger partial charge is 0.0896 e. The zero-order valence-corrected chi connectivity index (χ0v) is 14.0. The van der Waals surface area contributed by atoms with Gasteiger partial charge in [0.15, 0.2) is 0 Å². The van der Waals surface area contributed by atoms with Crippen molar-refractivity contribution in [1.82, 2.24) is 4.90 Å². The minimum Gasteiger partial charge on any atom is -0.390 e. The SMILES string of the molecule is CC(C)CN(CC1C(O)C(C)(C)OC1(C)C)C(C)C. The van der Waals surface area contributed by atoms with Gasteiger partial charge in [0.25, 0.3) is 0 Å². The highest BCUT2D eigenvalue weighted by atomic mass is 16.5. The van der Waals surface area contributed by atoms with Crippen LogP contribution in [0.25, 0.3) is 0 Å². The molecule has 3 nitrogen and oxygen atoms in total. The van der Waals surface area contributed by atoms with Crippen molar-refractivity contribution in [2.45, 2.75) is 78.7 Å². The van der Waals surface area contributed by atoms with Crippen molar-refractivity contribution in [3.8, 4) is 0 Å². The first kappa shape index (κ1) is 16.9. The van der Waals surface area contributed by atoms with Crippen molar-refractivity contribution in [2.24, 2.45) is 11.8 Å². The maximum Gasteiger partial charge on any atom is 0.0896 e. The van der Waals surface area contributed by atoms with Crippen LogP contribution < -0.4 is 0 Å². The summed E-state index contributed by atoms with van der Waals surface area (Å²) in [6.45, 7) is 19.1. The van der Waals surface area contributed by atoms with Crippen LogP contribution in [0.1, 0.15) is 55.4 Å². The lowest BCUT2D eigenvalue weighted by atomic mass is 9.84. The summed E-state index contributed by atoms with van der Waals surface area (Å²) in [6, 6.07) is 0.495. The molecule has 1 aliphatic rings. The summed E-state index contributed by atoms with van der Waals surface area (Å²) in [6.07, 6.45) is -0.407. The van der Waals surface area contributed by atoms with Gasteiger partial charge in [0.2, 0.25) is 0 Å². The summed E-state index contributed by atoms with van der Waals surface area (Å²) in [5, 5.41) is 10.6. The Morgan fingerprint density at radius 2 is 1.58 bits per heavy atom. The zero-order chi connectivity index (χ0) is 15.0. The Kier molecular flexibility index (Phi) is 5.09. The van der Waals surface area contributed by atoms with E-state index in [0.29, 0.717) is 12.0 Å². The monoisotopic (exact) mass is 271 g/mol. The average molecular weight is 271 g/mol. The quantitative estimate of drug-likeness (QED) is 0.834. The van der Waals surface area contributed by atoms with E-state index in [1.165, 1.54) is 0 Å². The van der Waals surface area contributed by atoms with Crippen molar-refractivity contribution >= 4 is 0 Å². The Morgan fingerprint density at radius 1 is 1.05 bits per heavy atom. The normalized spacial score (nSPS) is 29.7. The molecule has 19 heavy (non-hydrogen) atoms. The van der Waals surface area contributed by atoms with Crippen LogP contribution in [0.2, 0.25) is 0 Å². The second kappa shape index (κ2) is 5.71. The molecule has 0 aliphatic carbocycles. The summed E-state index contributed by atoms with van der Waals surface area (Å²) < 4.78 is 6.07. The molecule has 0 spiro atoms. The molecular weight excluding hydrogens is 238 g/mol. The number of nitrogens with zero attached hydrogens (tertiary/aromatic N) is 1. The third-order valence-electron chi connectivity index (χ3n) is 4.27. The first-order valence-electron chi connectivity index (χ1n) is 7.59. The van der Waals surface area contributed by atoms with Gasteiger partial charge in [-0.05, 0) is 47.5 Å². The fourth-order valence-electron chi connectivity index (χ4n) is 3.22. The highest BCUT2D eigenvalue weighted by Crippen LogP contribution is 2.42. The van der Waals surface area contributed by atoms with E-state index in [9.17, 15) is 5.11 Å². The van der Waals surface area contributed by atoms with Crippen LogP contribution in [0.5, 0.6) is 0 Å². The van der Waals surface area contributed by atoms with Crippen LogP contribution in [0.15, 0.2) is 0 Å². The molecule has 0 radical (unpaired) electrons. The summed E-state index contributed by atoms with van der Waals surface area (Å²) in [7, 11) is 0. The van der Waals surface area contributed by atoms with Crippen molar-refractivity contribution in [3.63, 3.8) is 0 Å². The van der Waals surface area contributed by atoms with Crippen molar-refractivity contribution in [1.29, 1.82) is 0 Å². The van der Waals surface area contributed by atoms with E-state index in [-0.39, 0.29) is 11.5 Å². The molecule has 0 saturated carbocycles. The molecule has 114 valence electrons. The first-order chi connectivity index (χ1) is 8.47. The van der Waals surface area contributed by atoms with Crippen LogP contribution in [0.4, 0.5) is 0 Å². The van der Waals surface area contributed by atoms with Gasteiger partial charge in [-0.2, -0.15) is 0 Å². The van der Waals surface area contributed by atoms with Gasteiger partial charge in [0.05, 0.1) is 17.3 Å². The second-order valence-corrected chi connectivity index (χ2v) is 7.80. The average Bonchev–Trinajstić information content (AvgIpc) is 2.34. The summed E-state index contributed by atoms with van der Waals surface area (Å²) in [4.78, 5) is 2.46. The van der Waals surface area contributed by atoms with E-state index >= 15 is 0 Å². The number of rotatable bonds is 5. The van der Waals surface area contributed by atoms with Crippen LogP contribution in [-0.4, -0.2) is 46.4 Å². The van der Waals surface area contributed by atoms with Gasteiger partial charge in [-0.1, -0.05) is 13.8 Å². The molecule has 0 aromatic heterocycles. The van der Waals surface area contributed by atoms with Gasteiger partial charge >= 0.3 is 0 Å². The van der Waals surface area contributed by atoms with Gasteiger partial charge in [0, 0.05) is 25.0 Å². The number of hydrogen-bond acceptors (Lipinski definition) is 3. The van der Waals surface area contributed by atoms with E-state index in [1.54, 1.807) is 0 Å². The minimum atomic E-state index is -0.450. The maximum absolute atomic E-state index is 10.6. The molecule has 0 aromatic rings. The third-order valence-corrected chi connectivity index (χ3v) is 4.27. The summed E-state index contributed by atoms with van der Waals surface area (Å²) >= 11 is 0. The third kappa shape index (κ3) is 3.93. The highest BCUT2D eigenvalue weighted by Gasteiger charge is 2.53. The Labute approximate surface area is 119 Å². The number of hydrogen-bond donors (Lipinski definition) is 1. The van der Waals surface area contributed by atoms with E-state index in [4.69, 9.17) is 4.74 Å². The number of ether oxygens (including phenoxy) is 1. The predicted molar refractivity (Wildman–Crippen MR) is 80.3 cm³/mol. The van der Waals surface area contributed by atoms with Crippen molar-refractivity contribution in [3.05, 3.63) is 0 Å². The molecule has 1 saturated heterocycles. The van der Waals surface area contributed by atoms with E-state index in [1.807, 2.05) is 13.8 Å². The zero-order valence-electron chi connectivity index (χ0n) is 14.0. The lowest BCUT2D eigenvalue weighted by Gasteiger charge is -2.35. The van der Waals surface area contributed by atoms with Gasteiger partial charge in [0.1, 0.15) is 0 Å². The minimum absolute atomic E-state index is 0.156. The van der Waals surface area contributed by atoms with Crippen LogP contribution in [-0.2, 0) is 4.74 Å². The molecule has 1 N–H and O–H groups in total. The number of aliphatic hydroxyl groups is 1. The molecule has 0 amide bonds. The topological polar surface area (TPSA) is 32.7 Å². The van der Waals surface area contributed by atoms with E-state index in [0.717, 1.165) is 13.1 Å². The fraction of sp³-hybridized carbons (Fsp3) is 1.00. The Morgan fingerprint density at radius 3 is 1.89 bits per heavy atom. The predicted octanol–water partition coefficient (Wildman–Crippen LogP) is 2.92. The van der Waals surface area contributed by atoms with Gasteiger partial charge in [-0.15, -0.1) is 0 Å². The van der Waals surface area contributed by atoms with Gasteiger partial charge < -0.3 is 14.7 Å². The van der Waals surface area contributed by atoms with Crippen molar-refractivity contribution < 1.29 is 9.84 Å². The molecule has 2 unspecified atom stereocenters. The van der Waals surface area contributed by atoms with Crippen molar-refractivity contribution in [2.75, 3.05) is 13.1 Å². The molecule has 0 aromatic carbocycles. The molecule has 1 rings (SSSR count). The van der Waals surface area contributed by atoms with Crippen LogP contribution in [0.3, 0.4) is 0 Å². The van der Waals surface area contributed by atoms with Gasteiger partial charge in [-0.3, -0.25) is 0 Å². The molecular formula is C16H33NO2. The molecule has 2 atom stereocenters. The molecule has 1 fully saturated rings. The standard InChI is InChI=1S/C16H33NO2/c1-11(2)9-17(12(3)4)10-13-14(18)16(7,8)19-15(13,5)6/h11-14,18H,9-10H2,1-8H3. The summed E-state index contributed by atoms with van der Waals surface area (Å²) in [5.74, 6) is 0.793. The van der Waals surface area contributed by atoms with Gasteiger partial charge in [-0.25, -0.2) is 0 Å². The highest BCUT2D eigenvalue weighted by molar-refractivity contribution is 5.02. The second-order valence-electron chi connectivity index (χ2n) is 7.80. The van der Waals surface area contributed by atoms with Crippen LogP contribution in [0, 0.1) is 11.8 Å². The Bertz CT molecular complexity index is 297. The Balaban J connectivity index is 2.83. The first-order valence-corrected chi connectivity index (χ1v) is 7.59. The molecule has 0 bridgehead atoms.